The first kappa shape index (κ1) is 13.3. The minimum absolute atomic E-state index is 0.568. The molecule has 0 bridgehead atoms. The number of hydrogen-bond acceptors (Lipinski definition) is 2. The van der Waals surface area contributed by atoms with Crippen LogP contribution in [0.25, 0.3) is 6.08 Å². The summed E-state index contributed by atoms with van der Waals surface area (Å²) in [5.74, 6) is 0. The van der Waals surface area contributed by atoms with Gasteiger partial charge in [0.2, 0.25) is 0 Å². The SMILES string of the molecule is CC1=CC(=N)C=C(C)C1=Cc1c(C)cc(N)cc1C. The van der Waals surface area contributed by atoms with Crippen LogP contribution in [0.15, 0.2) is 41.0 Å². The molecular formula is C17H20N2. The summed E-state index contributed by atoms with van der Waals surface area (Å²) in [6.07, 6.45) is 6.01. The van der Waals surface area contributed by atoms with E-state index < -0.39 is 0 Å². The fourth-order valence-electron chi connectivity index (χ4n) is 2.58. The Morgan fingerprint density at radius 1 is 0.947 bits per heavy atom. The Hall–Kier alpha value is -2.09. The van der Waals surface area contributed by atoms with Crippen LogP contribution in [0.3, 0.4) is 0 Å². The Labute approximate surface area is 114 Å². The summed E-state index contributed by atoms with van der Waals surface area (Å²) in [5, 5.41) is 7.74. The number of nitrogens with two attached hydrogens (primary N) is 1. The maximum atomic E-state index is 7.74. The van der Waals surface area contributed by atoms with Crippen LogP contribution in [0.2, 0.25) is 0 Å². The first-order chi connectivity index (χ1) is 8.88. The molecule has 1 aromatic rings. The predicted molar refractivity (Wildman–Crippen MR) is 83.5 cm³/mol. The number of nitrogens with one attached hydrogen (secondary N) is 1. The molecule has 2 nitrogen and oxygen atoms in total. The van der Waals surface area contributed by atoms with Crippen molar-refractivity contribution < 1.29 is 0 Å². The van der Waals surface area contributed by atoms with Crippen LogP contribution in [0.5, 0.6) is 0 Å². The molecule has 0 saturated heterocycles. The average molecular weight is 252 g/mol. The highest BCUT2D eigenvalue weighted by Crippen LogP contribution is 2.28. The first-order valence-electron chi connectivity index (χ1n) is 6.43. The Kier molecular flexibility index (Phi) is 3.43. The van der Waals surface area contributed by atoms with Gasteiger partial charge in [0, 0.05) is 5.69 Å². The molecule has 0 fully saturated rings. The van der Waals surface area contributed by atoms with Gasteiger partial charge in [-0.15, -0.1) is 0 Å². The van der Waals surface area contributed by atoms with E-state index in [0.717, 1.165) is 16.8 Å². The topological polar surface area (TPSA) is 49.9 Å². The third-order valence-electron chi connectivity index (χ3n) is 3.50. The lowest BCUT2D eigenvalue weighted by molar-refractivity contribution is 1.30. The Bertz CT molecular complexity index is 596. The summed E-state index contributed by atoms with van der Waals surface area (Å²) in [6.45, 7) is 8.27. The van der Waals surface area contributed by atoms with Crippen molar-refractivity contribution >= 4 is 17.5 Å². The van der Waals surface area contributed by atoms with Gasteiger partial charge in [0.05, 0.1) is 5.71 Å². The molecule has 3 N–H and O–H groups in total. The lowest BCUT2D eigenvalue weighted by Gasteiger charge is -2.16. The normalized spacial score (nSPS) is 15.2. The van der Waals surface area contributed by atoms with Crippen LogP contribution in [0.4, 0.5) is 5.69 Å². The van der Waals surface area contributed by atoms with E-state index in [9.17, 15) is 0 Å². The fourth-order valence-corrected chi connectivity index (χ4v) is 2.58. The molecule has 0 aliphatic heterocycles. The number of anilines is 1. The molecule has 0 heterocycles. The van der Waals surface area contributed by atoms with E-state index in [4.69, 9.17) is 11.1 Å². The summed E-state index contributed by atoms with van der Waals surface area (Å²) in [4.78, 5) is 0. The number of rotatable bonds is 1. The number of hydrogen-bond donors (Lipinski definition) is 2. The Morgan fingerprint density at radius 2 is 1.42 bits per heavy atom. The van der Waals surface area contributed by atoms with Crippen LogP contribution >= 0.6 is 0 Å². The third-order valence-corrected chi connectivity index (χ3v) is 3.50. The molecule has 98 valence electrons. The van der Waals surface area contributed by atoms with E-state index in [1.54, 1.807) is 0 Å². The van der Waals surface area contributed by atoms with Gasteiger partial charge in [-0.05, 0) is 91.5 Å². The minimum atomic E-state index is 0.568. The van der Waals surface area contributed by atoms with Crippen molar-refractivity contribution in [3.63, 3.8) is 0 Å². The smallest absolute Gasteiger partial charge is 0.0545 e. The molecule has 0 unspecified atom stereocenters. The van der Waals surface area contributed by atoms with Crippen molar-refractivity contribution in [2.45, 2.75) is 27.7 Å². The summed E-state index contributed by atoms with van der Waals surface area (Å²) < 4.78 is 0. The highest BCUT2D eigenvalue weighted by atomic mass is 14.5. The Morgan fingerprint density at radius 3 is 1.89 bits per heavy atom. The average Bonchev–Trinajstić information content (AvgIpc) is 2.25. The molecule has 1 aliphatic carbocycles. The fraction of sp³-hybridized carbons (Fsp3) is 0.235. The van der Waals surface area contributed by atoms with Crippen molar-refractivity contribution in [1.82, 2.24) is 0 Å². The molecule has 0 amide bonds. The molecule has 0 radical (unpaired) electrons. The van der Waals surface area contributed by atoms with Gasteiger partial charge in [0.15, 0.2) is 0 Å². The summed E-state index contributed by atoms with van der Waals surface area (Å²) in [7, 11) is 0. The van der Waals surface area contributed by atoms with Crippen molar-refractivity contribution in [2.75, 3.05) is 5.73 Å². The van der Waals surface area contributed by atoms with Crippen LogP contribution in [0.1, 0.15) is 30.5 Å². The largest absolute Gasteiger partial charge is 0.399 e. The third kappa shape index (κ3) is 2.68. The van der Waals surface area contributed by atoms with Crippen LogP contribution < -0.4 is 5.73 Å². The van der Waals surface area contributed by atoms with E-state index in [2.05, 4.69) is 33.8 Å². The van der Waals surface area contributed by atoms with Gasteiger partial charge in [0.25, 0.3) is 0 Å². The van der Waals surface area contributed by atoms with Gasteiger partial charge >= 0.3 is 0 Å². The summed E-state index contributed by atoms with van der Waals surface area (Å²) in [6, 6.07) is 4.00. The zero-order chi connectivity index (χ0) is 14.2. The summed E-state index contributed by atoms with van der Waals surface area (Å²) >= 11 is 0. The number of benzene rings is 1. The van der Waals surface area contributed by atoms with Gasteiger partial charge < -0.3 is 11.1 Å². The molecule has 1 aromatic carbocycles. The van der Waals surface area contributed by atoms with Gasteiger partial charge in [-0.1, -0.05) is 0 Å². The molecule has 0 spiro atoms. The second-order valence-electron chi connectivity index (χ2n) is 5.24. The zero-order valence-electron chi connectivity index (χ0n) is 12.0. The molecule has 0 saturated carbocycles. The van der Waals surface area contributed by atoms with E-state index in [1.165, 1.54) is 22.3 Å². The molecule has 0 atom stereocenters. The minimum Gasteiger partial charge on any atom is -0.399 e. The second-order valence-corrected chi connectivity index (χ2v) is 5.24. The molecule has 0 aromatic heterocycles. The predicted octanol–water partition coefficient (Wildman–Crippen LogP) is 4.20. The number of aryl methyl sites for hydroxylation is 2. The van der Waals surface area contributed by atoms with Gasteiger partial charge in [-0.3, -0.25) is 0 Å². The quantitative estimate of drug-likeness (QED) is 0.723. The van der Waals surface area contributed by atoms with E-state index in [1.807, 2.05) is 24.3 Å². The Balaban J connectivity index is 2.56. The van der Waals surface area contributed by atoms with Gasteiger partial charge in [0.1, 0.15) is 0 Å². The van der Waals surface area contributed by atoms with E-state index >= 15 is 0 Å². The van der Waals surface area contributed by atoms with Gasteiger partial charge in [-0.2, -0.15) is 0 Å². The lowest BCUT2D eigenvalue weighted by atomic mass is 9.89. The van der Waals surface area contributed by atoms with Crippen molar-refractivity contribution in [3.05, 3.63) is 57.7 Å². The van der Waals surface area contributed by atoms with Crippen LogP contribution in [0, 0.1) is 19.3 Å². The highest BCUT2D eigenvalue weighted by molar-refractivity contribution is 6.05. The maximum Gasteiger partial charge on any atom is 0.0545 e. The monoisotopic (exact) mass is 252 g/mol. The highest BCUT2D eigenvalue weighted by Gasteiger charge is 2.11. The summed E-state index contributed by atoms with van der Waals surface area (Å²) in [5.41, 5.74) is 14.3. The van der Waals surface area contributed by atoms with Crippen LogP contribution in [-0.4, -0.2) is 5.71 Å². The first-order valence-corrected chi connectivity index (χ1v) is 6.43. The zero-order valence-corrected chi connectivity index (χ0v) is 12.0. The lowest BCUT2D eigenvalue weighted by Crippen LogP contribution is -2.02. The van der Waals surface area contributed by atoms with E-state index in [0.29, 0.717) is 5.71 Å². The molecule has 19 heavy (non-hydrogen) atoms. The van der Waals surface area contributed by atoms with Crippen LogP contribution in [-0.2, 0) is 0 Å². The number of allylic oxidation sites excluding steroid dienone is 5. The van der Waals surface area contributed by atoms with Crippen molar-refractivity contribution in [2.24, 2.45) is 0 Å². The standard InChI is InChI=1S/C17H20N2/c1-10-5-14(18)6-11(2)16(10)9-17-12(3)7-15(19)8-13(17)4/h5-9,18H,19H2,1-4H3. The van der Waals surface area contributed by atoms with Gasteiger partial charge in [-0.25, -0.2) is 0 Å². The van der Waals surface area contributed by atoms with Crippen molar-refractivity contribution in [3.8, 4) is 0 Å². The number of nitrogen functional groups attached to an aromatic ring is 1. The van der Waals surface area contributed by atoms with E-state index in [-0.39, 0.29) is 0 Å². The molecule has 2 rings (SSSR count). The second kappa shape index (κ2) is 4.88. The molecule has 1 aliphatic rings. The molecule has 2 heteroatoms. The molecular weight excluding hydrogens is 232 g/mol. The maximum absolute atomic E-state index is 7.74. The van der Waals surface area contributed by atoms with Crippen molar-refractivity contribution in [1.29, 1.82) is 5.41 Å².